The first-order valence-electron chi connectivity index (χ1n) is 6.90. The van der Waals surface area contributed by atoms with Crippen molar-refractivity contribution in [3.8, 4) is 11.8 Å². The van der Waals surface area contributed by atoms with Gasteiger partial charge in [0.05, 0.1) is 13.2 Å². The zero-order valence-corrected chi connectivity index (χ0v) is 12.0. The van der Waals surface area contributed by atoms with E-state index in [0.717, 1.165) is 31.6 Å². The predicted octanol–water partition coefficient (Wildman–Crippen LogP) is 2.69. The van der Waals surface area contributed by atoms with Gasteiger partial charge in [-0.2, -0.15) is 5.26 Å². The van der Waals surface area contributed by atoms with Gasteiger partial charge < -0.3 is 4.74 Å². The van der Waals surface area contributed by atoms with Crippen LogP contribution in [0.2, 0.25) is 0 Å². The number of methoxy groups -OCH3 is 1. The average Bonchev–Trinajstić information content (AvgIpc) is 2.44. The molecule has 0 aliphatic heterocycles. The molecule has 0 saturated carbocycles. The average molecular weight is 258 g/mol. The van der Waals surface area contributed by atoms with Gasteiger partial charge in [-0.25, -0.2) is 0 Å². The van der Waals surface area contributed by atoms with E-state index in [-0.39, 0.29) is 0 Å². The number of ether oxygens (including phenoxy) is 1. The van der Waals surface area contributed by atoms with E-state index in [4.69, 9.17) is 4.74 Å². The summed E-state index contributed by atoms with van der Waals surface area (Å²) in [7, 11) is 1.68. The second-order valence-electron chi connectivity index (χ2n) is 5.78. The van der Waals surface area contributed by atoms with Crippen LogP contribution in [0.1, 0.15) is 31.4 Å². The maximum Gasteiger partial charge on any atom is 0.119 e. The van der Waals surface area contributed by atoms with Crippen molar-refractivity contribution in [3.05, 3.63) is 29.3 Å². The third-order valence-corrected chi connectivity index (χ3v) is 3.79. The summed E-state index contributed by atoms with van der Waals surface area (Å²) in [6.45, 7) is 5.21. The van der Waals surface area contributed by atoms with Crippen LogP contribution in [0.15, 0.2) is 18.2 Å². The molecule has 1 N–H and O–H groups in total. The molecule has 2 rings (SSSR count). The van der Waals surface area contributed by atoms with Crippen molar-refractivity contribution in [2.24, 2.45) is 5.92 Å². The third kappa shape index (κ3) is 3.08. The topological polar surface area (TPSA) is 45.0 Å². The molecule has 0 spiro atoms. The fourth-order valence-electron chi connectivity index (χ4n) is 2.58. The van der Waals surface area contributed by atoms with E-state index in [9.17, 15) is 5.26 Å². The zero-order valence-electron chi connectivity index (χ0n) is 12.0. The van der Waals surface area contributed by atoms with Gasteiger partial charge in [0.1, 0.15) is 11.3 Å². The van der Waals surface area contributed by atoms with Gasteiger partial charge >= 0.3 is 0 Å². The van der Waals surface area contributed by atoms with E-state index in [1.165, 1.54) is 11.1 Å². The van der Waals surface area contributed by atoms with Crippen molar-refractivity contribution in [1.29, 1.82) is 5.26 Å². The highest BCUT2D eigenvalue weighted by molar-refractivity contribution is 5.40. The molecule has 0 radical (unpaired) electrons. The monoisotopic (exact) mass is 258 g/mol. The molecule has 102 valence electrons. The minimum atomic E-state index is -0.413. The van der Waals surface area contributed by atoms with Crippen molar-refractivity contribution in [2.45, 2.75) is 38.6 Å². The van der Waals surface area contributed by atoms with Crippen LogP contribution in [0.4, 0.5) is 0 Å². The number of hydrogen-bond acceptors (Lipinski definition) is 3. The SMILES string of the molecule is COc1ccc2c(c1)CC(C#N)(NCC(C)C)CC2. The fourth-order valence-corrected chi connectivity index (χ4v) is 2.58. The first-order valence-corrected chi connectivity index (χ1v) is 6.90. The standard InChI is InChI=1S/C16H22N2O/c1-12(2)10-18-16(11-17)7-6-13-4-5-15(19-3)8-14(13)9-16/h4-5,8,12,18H,6-7,9-10H2,1-3H3. The van der Waals surface area contributed by atoms with Gasteiger partial charge in [0.15, 0.2) is 0 Å². The molecule has 1 unspecified atom stereocenters. The fraction of sp³-hybridized carbons (Fsp3) is 0.562. The van der Waals surface area contributed by atoms with Gasteiger partial charge in [-0.05, 0) is 48.6 Å². The number of aryl methyl sites for hydroxylation is 1. The Morgan fingerprint density at radius 1 is 1.42 bits per heavy atom. The molecule has 1 aliphatic rings. The lowest BCUT2D eigenvalue weighted by atomic mass is 9.78. The first kappa shape index (κ1) is 13.9. The molecule has 3 heteroatoms. The quantitative estimate of drug-likeness (QED) is 0.903. The Bertz CT molecular complexity index is 490. The maximum atomic E-state index is 9.56. The minimum absolute atomic E-state index is 0.413. The van der Waals surface area contributed by atoms with E-state index < -0.39 is 5.54 Å². The molecule has 1 aromatic carbocycles. The molecule has 1 atom stereocenters. The van der Waals surface area contributed by atoms with Crippen LogP contribution in [0, 0.1) is 17.2 Å². The van der Waals surface area contributed by atoms with E-state index in [0.29, 0.717) is 5.92 Å². The Balaban J connectivity index is 2.20. The molecular formula is C16H22N2O. The summed E-state index contributed by atoms with van der Waals surface area (Å²) >= 11 is 0. The first-order chi connectivity index (χ1) is 9.08. The van der Waals surface area contributed by atoms with Crippen molar-refractivity contribution < 1.29 is 4.74 Å². The lowest BCUT2D eigenvalue weighted by molar-refractivity contribution is 0.344. The largest absolute Gasteiger partial charge is 0.497 e. The zero-order chi connectivity index (χ0) is 13.9. The molecule has 0 bridgehead atoms. The van der Waals surface area contributed by atoms with Crippen LogP contribution >= 0.6 is 0 Å². The van der Waals surface area contributed by atoms with Gasteiger partial charge in [-0.3, -0.25) is 5.32 Å². The summed E-state index contributed by atoms with van der Waals surface area (Å²) in [6, 6.07) is 8.69. The molecule has 0 aromatic heterocycles. The second kappa shape index (κ2) is 5.63. The van der Waals surface area contributed by atoms with Gasteiger partial charge in [0, 0.05) is 6.42 Å². The molecule has 0 fully saturated rings. The Morgan fingerprint density at radius 2 is 2.21 bits per heavy atom. The lowest BCUT2D eigenvalue weighted by Gasteiger charge is -2.34. The molecule has 1 aromatic rings. The highest BCUT2D eigenvalue weighted by Crippen LogP contribution is 2.31. The maximum absolute atomic E-state index is 9.56. The number of benzene rings is 1. The van der Waals surface area contributed by atoms with Crippen LogP contribution in [0.3, 0.4) is 0 Å². The van der Waals surface area contributed by atoms with Gasteiger partial charge in [-0.1, -0.05) is 19.9 Å². The minimum Gasteiger partial charge on any atom is -0.497 e. The molecule has 0 heterocycles. The van der Waals surface area contributed by atoms with Crippen molar-refractivity contribution in [1.82, 2.24) is 5.32 Å². The smallest absolute Gasteiger partial charge is 0.119 e. The van der Waals surface area contributed by atoms with Crippen LogP contribution < -0.4 is 10.1 Å². The lowest BCUT2D eigenvalue weighted by Crippen LogP contribution is -2.49. The normalized spacial score (nSPS) is 21.8. The predicted molar refractivity (Wildman–Crippen MR) is 76.2 cm³/mol. The van der Waals surface area contributed by atoms with Crippen LogP contribution in [-0.2, 0) is 12.8 Å². The van der Waals surface area contributed by atoms with Gasteiger partial charge in [-0.15, -0.1) is 0 Å². The van der Waals surface area contributed by atoms with Gasteiger partial charge in [0.2, 0.25) is 0 Å². The Kier molecular flexibility index (Phi) is 4.11. The van der Waals surface area contributed by atoms with Crippen LogP contribution in [-0.4, -0.2) is 19.2 Å². The molecule has 19 heavy (non-hydrogen) atoms. The van der Waals surface area contributed by atoms with Crippen molar-refractivity contribution >= 4 is 0 Å². The number of nitrogens with zero attached hydrogens (tertiary/aromatic N) is 1. The van der Waals surface area contributed by atoms with E-state index in [1.54, 1.807) is 7.11 Å². The van der Waals surface area contributed by atoms with Crippen LogP contribution in [0.25, 0.3) is 0 Å². The Morgan fingerprint density at radius 3 is 2.84 bits per heavy atom. The summed E-state index contributed by atoms with van der Waals surface area (Å²) in [5, 5.41) is 13.0. The summed E-state index contributed by atoms with van der Waals surface area (Å²) in [6.07, 6.45) is 2.61. The highest BCUT2D eigenvalue weighted by Gasteiger charge is 2.34. The highest BCUT2D eigenvalue weighted by atomic mass is 16.5. The number of nitrogens with one attached hydrogen (secondary N) is 1. The molecule has 0 saturated heterocycles. The second-order valence-corrected chi connectivity index (χ2v) is 5.78. The summed E-state index contributed by atoms with van der Waals surface area (Å²) in [4.78, 5) is 0. The van der Waals surface area contributed by atoms with E-state index >= 15 is 0 Å². The summed E-state index contributed by atoms with van der Waals surface area (Å²) < 4.78 is 5.28. The molecule has 0 amide bonds. The van der Waals surface area contributed by atoms with E-state index in [2.05, 4.69) is 37.4 Å². The number of nitriles is 1. The summed E-state index contributed by atoms with van der Waals surface area (Å²) in [5.74, 6) is 1.42. The van der Waals surface area contributed by atoms with Crippen LogP contribution in [0.5, 0.6) is 5.75 Å². The molecular weight excluding hydrogens is 236 g/mol. The molecule has 3 nitrogen and oxygen atoms in total. The molecule has 1 aliphatic carbocycles. The number of hydrogen-bond donors (Lipinski definition) is 1. The number of fused-ring (bicyclic) bond motifs is 1. The van der Waals surface area contributed by atoms with Gasteiger partial charge in [0.25, 0.3) is 0 Å². The van der Waals surface area contributed by atoms with Crippen molar-refractivity contribution in [3.63, 3.8) is 0 Å². The summed E-state index contributed by atoms with van der Waals surface area (Å²) in [5.41, 5.74) is 2.17. The van der Waals surface area contributed by atoms with E-state index in [1.807, 2.05) is 6.07 Å². The Hall–Kier alpha value is -1.53. The number of rotatable bonds is 4. The Labute approximate surface area is 115 Å². The van der Waals surface area contributed by atoms with Crippen molar-refractivity contribution in [2.75, 3.05) is 13.7 Å². The third-order valence-electron chi connectivity index (χ3n) is 3.79.